The second kappa shape index (κ2) is 6.12. The van der Waals surface area contributed by atoms with Crippen molar-refractivity contribution in [2.24, 2.45) is 0 Å². The first kappa shape index (κ1) is 11.7. The monoisotopic (exact) mass is 231 g/mol. The van der Waals surface area contributed by atoms with E-state index in [0.717, 1.165) is 32.0 Å². The predicted octanol–water partition coefficient (Wildman–Crippen LogP) is 1.85. The van der Waals surface area contributed by atoms with Crippen molar-refractivity contribution >= 4 is 11.4 Å². The van der Waals surface area contributed by atoms with Gasteiger partial charge in [0.05, 0.1) is 25.7 Å². The lowest BCUT2D eigenvalue weighted by molar-refractivity contribution is 0.122. The molecule has 0 spiro atoms. The van der Waals surface area contributed by atoms with Crippen molar-refractivity contribution < 1.29 is 4.74 Å². The number of anilines is 2. The lowest BCUT2D eigenvalue weighted by Crippen LogP contribution is -2.36. The van der Waals surface area contributed by atoms with Gasteiger partial charge in [-0.1, -0.05) is 0 Å². The molecule has 1 fully saturated rings. The average molecular weight is 231 g/mol. The molecule has 0 aromatic heterocycles. The molecule has 0 amide bonds. The van der Waals surface area contributed by atoms with Crippen molar-refractivity contribution in [3.05, 3.63) is 24.3 Å². The van der Waals surface area contributed by atoms with E-state index in [9.17, 15) is 0 Å². The van der Waals surface area contributed by atoms with E-state index in [-0.39, 0.29) is 0 Å². The Hall–Kier alpha value is -1.73. The minimum Gasteiger partial charge on any atom is -0.384 e. The van der Waals surface area contributed by atoms with Crippen molar-refractivity contribution in [1.82, 2.24) is 0 Å². The van der Waals surface area contributed by atoms with Crippen LogP contribution in [-0.4, -0.2) is 32.8 Å². The van der Waals surface area contributed by atoms with Crippen molar-refractivity contribution in [1.29, 1.82) is 5.26 Å². The number of nitrogens with zero attached hydrogens (tertiary/aromatic N) is 2. The van der Waals surface area contributed by atoms with Crippen LogP contribution in [-0.2, 0) is 4.74 Å². The van der Waals surface area contributed by atoms with Crippen molar-refractivity contribution in [3.63, 3.8) is 0 Å². The lowest BCUT2D eigenvalue weighted by atomic mass is 10.2. The molecule has 4 heteroatoms. The maximum absolute atomic E-state index is 8.45. The SMILES string of the molecule is N#CCCNc1ccc(N2CCOCC2)cc1. The highest BCUT2D eigenvalue weighted by atomic mass is 16.5. The first-order valence-electron chi connectivity index (χ1n) is 5.94. The lowest BCUT2D eigenvalue weighted by Gasteiger charge is -2.28. The first-order chi connectivity index (χ1) is 8.40. The average Bonchev–Trinajstić information content (AvgIpc) is 2.41. The summed E-state index contributed by atoms with van der Waals surface area (Å²) in [4.78, 5) is 2.32. The summed E-state index contributed by atoms with van der Waals surface area (Å²) < 4.78 is 5.33. The van der Waals surface area contributed by atoms with Crippen LogP contribution in [0.1, 0.15) is 6.42 Å². The number of ether oxygens (including phenoxy) is 1. The van der Waals surface area contributed by atoms with Crippen LogP contribution in [0.2, 0.25) is 0 Å². The van der Waals surface area contributed by atoms with Gasteiger partial charge in [0, 0.05) is 31.0 Å². The molecule has 1 aliphatic heterocycles. The van der Waals surface area contributed by atoms with E-state index in [0.29, 0.717) is 13.0 Å². The maximum atomic E-state index is 8.45. The summed E-state index contributed by atoms with van der Waals surface area (Å²) in [6, 6.07) is 10.5. The Kier molecular flexibility index (Phi) is 4.23. The summed E-state index contributed by atoms with van der Waals surface area (Å²) in [5, 5.41) is 11.7. The van der Waals surface area contributed by atoms with Gasteiger partial charge in [-0.2, -0.15) is 5.26 Å². The predicted molar refractivity (Wildman–Crippen MR) is 68.2 cm³/mol. The Bertz CT molecular complexity index is 377. The molecule has 0 unspecified atom stereocenters. The smallest absolute Gasteiger partial charge is 0.0642 e. The molecule has 90 valence electrons. The summed E-state index contributed by atoms with van der Waals surface area (Å²) in [6.07, 6.45) is 0.533. The Morgan fingerprint density at radius 2 is 1.94 bits per heavy atom. The summed E-state index contributed by atoms with van der Waals surface area (Å²) in [5.74, 6) is 0. The van der Waals surface area contributed by atoms with Crippen LogP contribution in [0.3, 0.4) is 0 Å². The Balaban J connectivity index is 1.90. The van der Waals surface area contributed by atoms with E-state index in [1.54, 1.807) is 0 Å². The van der Waals surface area contributed by atoms with Gasteiger partial charge in [0.15, 0.2) is 0 Å². The van der Waals surface area contributed by atoms with Gasteiger partial charge >= 0.3 is 0 Å². The highest BCUT2D eigenvalue weighted by Gasteiger charge is 2.10. The van der Waals surface area contributed by atoms with Crippen molar-refractivity contribution in [3.8, 4) is 6.07 Å². The van der Waals surface area contributed by atoms with E-state index in [4.69, 9.17) is 10.00 Å². The fourth-order valence-electron chi connectivity index (χ4n) is 1.87. The standard InChI is InChI=1S/C13H17N3O/c14-6-1-7-15-12-2-4-13(5-3-12)16-8-10-17-11-9-16/h2-5,15H,1,7-11H2. The zero-order valence-electron chi connectivity index (χ0n) is 9.85. The molecule has 1 aromatic rings. The van der Waals surface area contributed by atoms with Gasteiger partial charge in [0.1, 0.15) is 0 Å². The molecule has 1 heterocycles. The molecule has 1 aliphatic rings. The second-order valence-corrected chi connectivity index (χ2v) is 3.98. The van der Waals surface area contributed by atoms with Gasteiger partial charge < -0.3 is 15.0 Å². The number of nitrogens with one attached hydrogen (secondary N) is 1. The van der Waals surface area contributed by atoms with E-state index in [1.807, 2.05) is 0 Å². The Morgan fingerprint density at radius 3 is 2.59 bits per heavy atom. The second-order valence-electron chi connectivity index (χ2n) is 3.98. The van der Waals surface area contributed by atoms with Crippen molar-refractivity contribution in [2.75, 3.05) is 43.1 Å². The summed E-state index contributed by atoms with van der Waals surface area (Å²) in [7, 11) is 0. The molecule has 1 saturated heterocycles. The number of benzene rings is 1. The first-order valence-corrected chi connectivity index (χ1v) is 5.94. The topological polar surface area (TPSA) is 48.3 Å². The number of nitriles is 1. The number of hydrogen-bond acceptors (Lipinski definition) is 4. The fraction of sp³-hybridized carbons (Fsp3) is 0.462. The molecule has 0 atom stereocenters. The van der Waals surface area contributed by atoms with E-state index in [2.05, 4.69) is 40.6 Å². The third kappa shape index (κ3) is 3.36. The van der Waals surface area contributed by atoms with Crippen LogP contribution < -0.4 is 10.2 Å². The Labute approximate surface area is 102 Å². The van der Waals surface area contributed by atoms with Gasteiger partial charge in [0.2, 0.25) is 0 Å². The molecular weight excluding hydrogens is 214 g/mol. The summed E-state index contributed by atoms with van der Waals surface area (Å²) in [5.41, 5.74) is 2.30. The van der Waals surface area contributed by atoms with Crippen LogP contribution >= 0.6 is 0 Å². The molecular formula is C13H17N3O. The molecule has 1 N–H and O–H groups in total. The van der Waals surface area contributed by atoms with Gasteiger partial charge in [-0.3, -0.25) is 0 Å². The molecule has 0 aliphatic carbocycles. The van der Waals surface area contributed by atoms with Crippen LogP contribution in [0.15, 0.2) is 24.3 Å². The molecule has 0 radical (unpaired) electrons. The van der Waals surface area contributed by atoms with Gasteiger partial charge in [-0.05, 0) is 24.3 Å². The normalized spacial score (nSPS) is 15.4. The van der Waals surface area contributed by atoms with E-state index >= 15 is 0 Å². The van der Waals surface area contributed by atoms with Gasteiger partial charge in [0.25, 0.3) is 0 Å². The molecule has 1 aromatic carbocycles. The highest BCUT2D eigenvalue weighted by molar-refractivity contribution is 5.55. The number of morpholine rings is 1. The molecule has 2 rings (SSSR count). The van der Waals surface area contributed by atoms with Crippen LogP contribution in [0, 0.1) is 11.3 Å². The quantitative estimate of drug-likeness (QED) is 0.803. The zero-order chi connectivity index (χ0) is 11.9. The third-order valence-electron chi connectivity index (χ3n) is 2.81. The van der Waals surface area contributed by atoms with E-state index < -0.39 is 0 Å². The van der Waals surface area contributed by atoms with Crippen LogP contribution in [0.4, 0.5) is 11.4 Å². The van der Waals surface area contributed by atoms with Gasteiger partial charge in [-0.15, -0.1) is 0 Å². The maximum Gasteiger partial charge on any atom is 0.0642 e. The third-order valence-corrected chi connectivity index (χ3v) is 2.81. The number of hydrogen-bond donors (Lipinski definition) is 1. The molecule has 0 saturated carbocycles. The minimum atomic E-state index is 0.533. The van der Waals surface area contributed by atoms with Crippen molar-refractivity contribution in [2.45, 2.75) is 6.42 Å². The van der Waals surface area contributed by atoms with Crippen LogP contribution in [0.5, 0.6) is 0 Å². The highest BCUT2D eigenvalue weighted by Crippen LogP contribution is 2.18. The van der Waals surface area contributed by atoms with Gasteiger partial charge in [-0.25, -0.2) is 0 Å². The minimum absolute atomic E-state index is 0.533. The molecule has 17 heavy (non-hydrogen) atoms. The summed E-state index contributed by atoms with van der Waals surface area (Å²) >= 11 is 0. The number of rotatable bonds is 4. The summed E-state index contributed by atoms with van der Waals surface area (Å²) in [6.45, 7) is 4.24. The molecule has 0 bridgehead atoms. The molecule has 4 nitrogen and oxygen atoms in total. The zero-order valence-corrected chi connectivity index (χ0v) is 9.85. The van der Waals surface area contributed by atoms with E-state index in [1.165, 1.54) is 5.69 Å². The van der Waals surface area contributed by atoms with Crippen LogP contribution in [0.25, 0.3) is 0 Å². The Morgan fingerprint density at radius 1 is 1.24 bits per heavy atom. The fourth-order valence-corrected chi connectivity index (χ4v) is 1.87. The largest absolute Gasteiger partial charge is 0.384 e.